The van der Waals surface area contributed by atoms with Gasteiger partial charge in [0.15, 0.2) is 5.16 Å². The predicted octanol–water partition coefficient (Wildman–Crippen LogP) is 3.15. The summed E-state index contributed by atoms with van der Waals surface area (Å²) in [6, 6.07) is 8.34. The van der Waals surface area contributed by atoms with E-state index in [1.807, 2.05) is 17.9 Å². The van der Waals surface area contributed by atoms with E-state index in [0.717, 1.165) is 55.8 Å². The van der Waals surface area contributed by atoms with Gasteiger partial charge in [0.25, 0.3) is 0 Å². The van der Waals surface area contributed by atoms with Crippen LogP contribution in [0.1, 0.15) is 32.3 Å². The zero-order chi connectivity index (χ0) is 21.1. The fourth-order valence-electron chi connectivity index (χ4n) is 3.99. The van der Waals surface area contributed by atoms with E-state index in [-0.39, 0.29) is 11.2 Å². The first-order chi connectivity index (χ1) is 14.5. The zero-order valence-electron chi connectivity index (χ0n) is 18.1. The number of piperidine rings is 1. The Kier molecular flexibility index (Phi) is 6.63. The molecule has 0 spiro atoms. The number of nitrogens with zero attached hydrogens (tertiary/aromatic N) is 5. The molecule has 1 amide bonds. The average molecular weight is 430 g/mol. The van der Waals surface area contributed by atoms with Crippen molar-refractivity contribution in [3.63, 3.8) is 0 Å². The molecule has 2 fully saturated rings. The van der Waals surface area contributed by atoms with Crippen LogP contribution in [0.4, 0.5) is 5.95 Å². The van der Waals surface area contributed by atoms with E-state index in [4.69, 9.17) is 4.74 Å². The molecule has 1 atom stereocenters. The molecule has 30 heavy (non-hydrogen) atoms. The predicted molar refractivity (Wildman–Crippen MR) is 119 cm³/mol. The Morgan fingerprint density at radius 2 is 1.90 bits per heavy atom. The minimum Gasteiger partial charge on any atom is -0.378 e. The van der Waals surface area contributed by atoms with Crippen molar-refractivity contribution in [3.05, 3.63) is 29.8 Å². The summed E-state index contributed by atoms with van der Waals surface area (Å²) >= 11 is 1.50. The molecule has 2 aromatic rings. The molecule has 2 aliphatic heterocycles. The zero-order valence-corrected chi connectivity index (χ0v) is 18.9. The second-order valence-electron chi connectivity index (χ2n) is 8.32. The largest absolute Gasteiger partial charge is 0.378 e. The summed E-state index contributed by atoms with van der Waals surface area (Å²) in [6.45, 7) is 11.0. The van der Waals surface area contributed by atoms with E-state index in [1.165, 1.54) is 17.3 Å². The van der Waals surface area contributed by atoms with Crippen LogP contribution in [0.3, 0.4) is 0 Å². The number of thioether (sulfide) groups is 1. The Labute approximate surface area is 182 Å². The Morgan fingerprint density at radius 3 is 2.60 bits per heavy atom. The van der Waals surface area contributed by atoms with Crippen LogP contribution in [0.25, 0.3) is 5.69 Å². The van der Waals surface area contributed by atoms with Gasteiger partial charge in [0.2, 0.25) is 11.9 Å². The maximum absolute atomic E-state index is 13.0. The van der Waals surface area contributed by atoms with Crippen molar-refractivity contribution in [2.75, 3.05) is 44.3 Å². The van der Waals surface area contributed by atoms with Gasteiger partial charge in [0.1, 0.15) is 0 Å². The lowest BCUT2D eigenvalue weighted by atomic mass is 9.99. The number of likely N-dealkylation sites (tertiary alicyclic amines) is 1. The highest BCUT2D eigenvalue weighted by molar-refractivity contribution is 8.00. The number of hydrogen-bond donors (Lipinski definition) is 0. The number of aromatic nitrogens is 3. The lowest BCUT2D eigenvalue weighted by Crippen LogP contribution is -2.41. The van der Waals surface area contributed by atoms with Crippen molar-refractivity contribution in [1.82, 2.24) is 19.7 Å². The summed E-state index contributed by atoms with van der Waals surface area (Å²) in [7, 11) is 0. The minimum absolute atomic E-state index is 0.193. The topological polar surface area (TPSA) is 63.5 Å². The number of ether oxygens (including phenoxy) is 1. The Bertz CT molecular complexity index is 872. The van der Waals surface area contributed by atoms with Crippen molar-refractivity contribution >= 4 is 23.6 Å². The number of aryl methyl sites for hydroxylation is 1. The Hall–Kier alpha value is -2.06. The van der Waals surface area contributed by atoms with Gasteiger partial charge in [-0.1, -0.05) is 30.8 Å². The van der Waals surface area contributed by atoms with Gasteiger partial charge in [0, 0.05) is 26.2 Å². The van der Waals surface area contributed by atoms with Gasteiger partial charge in [-0.05, 0) is 50.3 Å². The molecule has 1 aromatic carbocycles. The van der Waals surface area contributed by atoms with Crippen LogP contribution >= 0.6 is 11.8 Å². The van der Waals surface area contributed by atoms with Gasteiger partial charge in [-0.3, -0.25) is 9.36 Å². The van der Waals surface area contributed by atoms with Gasteiger partial charge in [-0.15, -0.1) is 10.2 Å². The highest BCUT2D eigenvalue weighted by Gasteiger charge is 2.28. The third-order valence-electron chi connectivity index (χ3n) is 5.90. The second kappa shape index (κ2) is 9.39. The number of carbonyl (C=O) groups is 1. The number of benzene rings is 1. The maximum atomic E-state index is 13.0. The standard InChI is InChI=1S/C22H31N5O2S/c1-16-7-9-25(10-8-16)20(28)18(3)30-22-24-23-21(26-11-13-29-14-12-26)27(22)19-6-4-5-17(2)15-19/h4-6,15-16,18H,7-14H2,1-3H3. The molecule has 0 radical (unpaired) electrons. The summed E-state index contributed by atoms with van der Waals surface area (Å²) in [4.78, 5) is 17.3. The highest BCUT2D eigenvalue weighted by atomic mass is 32.2. The first-order valence-corrected chi connectivity index (χ1v) is 11.7. The first-order valence-electron chi connectivity index (χ1n) is 10.8. The summed E-state index contributed by atoms with van der Waals surface area (Å²) < 4.78 is 7.60. The summed E-state index contributed by atoms with van der Waals surface area (Å²) in [6.07, 6.45) is 2.17. The van der Waals surface area contributed by atoms with Crippen molar-refractivity contribution in [2.45, 2.75) is 44.0 Å². The van der Waals surface area contributed by atoms with E-state index in [1.54, 1.807) is 0 Å². The van der Waals surface area contributed by atoms with Gasteiger partial charge in [0.05, 0.1) is 24.2 Å². The van der Waals surface area contributed by atoms with Crippen LogP contribution in [0, 0.1) is 12.8 Å². The third kappa shape index (κ3) is 4.64. The quantitative estimate of drug-likeness (QED) is 0.681. The first kappa shape index (κ1) is 21.2. The van der Waals surface area contributed by atoms with Crippen molar-refractivity contribution < 1.29 is 9.53 Å². The third-order valence-corrected chi connectivity index (χ3v) is 6.93. The molecule has 0 aliphatic carbocycles. The lowest BCUT2D eigenvalue weighted by molar-refractivity contribution is -0.131. The summed E-state index contributed by atoms with van der Waals surface area (Å²) in [5.41, 5.74) is 2.20. The SMILES string of the molecule is Cc1cccc(-n2c(SC(C)C(=O)N3CCC(C)CC3)nnc2N2CCOCC2)c1. The maximum Gasteiger partial charge on any atom is 0.235 e. The fourth-order valence-corrected chi connectivity index (χ4v) is 4.94. The number of rotatable bonds is 5. The number of hydrogen-bond acceptors (Lipinski definition) is 6. The van der Waals surface area contributed by atoms with Crippen LogP contribution in [0.2, 0.25) is 0 Å². The van der Waals surface area contributed by atoms with Crippen LogP contribution in [-0.4, -0.2) is 70.2 Å². The number of anilines is 1. The molecular formula is C22H31N5O2S. The van der Waals surface area contributed by atoms with E-state index in [2.05, 4.69) is 51.7 Å². The van der Waals surface area contributed by atoms with Crippen molar-refractivity contribution in [2.24, 2.45) is 5.92 Å². The summed E-state index contributed by atoms with van der Waals surface area (Å²) in [5, 5.41) is 9.57. The molecule has 162 valence electrons. The molecule has 0 N–H and O–H groups in total. The normalized spacial score (nSPS) is 19.2. The minimum atomic E-state index is -0.205. The summed E-state index contributed by atoms with van der Waals surface area (Å²) in [5.74, 6) is 1.72. The van der Waals surface area contributed by atoms with Crippen molar-refractivity contribution in [1.29, 1.82) is 0 Å². The molecular weight excluding hydrogens is 398 g/mol. The molecule has 2 aliphatic rings. The molecule has 1 unspecified atom stereocenters. The van der Waals surface area contributed by atoms with Crippen LogP contribution < -0.4 is 4.90 Å². The van der Waals surface area contributed by atoms with Gasteiger partial charge < -0.3 is 14.5 Å². The fraction of sp³-hybridized carbons (Fsp3) is 0.591. The molecule has 4 rings (SSSR count). The number of carbonyl (C=O) groups excluding carboxylic acids is 1. The molecule has 7 nitrogen and oxygen atoms in total. The van der Waals surface area contributed by atoms with Gasteiger partial charge in [-0.2, -0.15) is 0 Å². The van der Waals surface area contributed by atoms with E-state index in [0.29, 0.717) is 19.1 Å². The Morgan fingerprint density at radius 1 is 1.17 bits per heavy atom. The van der Waals surface area contributed by atoms with Gasteiger partial charge in [-0.25, -0.2) is 0 Å². The van der Waals surface area contributed by atoms with E-state index >= 15 is 0 Å². The molecule has 0 saturated carbocycles. The monoisotopic (exact) mass is 429 g/mol. The molecule has 1 aromatic heterocycles. The number of morpholine rings is 1. The van der Waals surface area contributed by atoms with Gasteiger partial charge >= 0.3 is 0 Å². The average Bonchev–Trinajstić information content (AvgIpc) is 3.18. The second-order valence-corrected chi connectivity index (χ2v) is 9.63. The van der Waals surface area contributed by atoms with Crippen LogP contribution in [0.15, 0.2) is 29.4 Å². The molecule has 0 bridgehead atoms. The van der Waals surface area contributed by atoms with Crippen molar-refractivity contribution in [3.8, 4) is 5.69 Å². The van der Waals surface area contributed by atoms with E-state index < -0.39 is 0 Å². The van der Waals surface area contributed by atoms with Crippen LogP contribution in [0.5, 0.6) is 0 Å². The van der Waals surface area contributed by atoms with E-state index in [9.17, 15) is 4.79 Å². The molecule has 2 saturated heterocycles. The molecule has 3 heterocycles. The number of amides is 1. The smallest absolute Gasteiger partial charge is 0.235 e. The molecule has 8 heteroatoms. The lowest BCUT2D eigenvalue weighted by Gasteiger charge is -2.32. The van der Waals surface area contributed by atoms with Crippen LogP contribution in [-0.2, 0) is 9.53 Å². The highest BCUT2D eigenvalue weighted by Crippen LogP contribution is 2.31. The Balaban J connectivity index is 1.59.